The van der Waals surface area contributed by atoms with Crippen LogP contribution in [0, 0.1) is 17.3 Å². The number of hydrogen-bond donors (Lipinski definition) is 2. The molecule has 3 N–H and O–H groups in total. The highest BCUT2D eigenvalue weighted by Crippen LogP contribution is 2.52. The highest BCUT2D eigenvalue weighted by atomic mass is 16.6. The molecule has 1 saturated carbocycles. The van der Waals surface area contributed by atoms with Crippen molar-refractivity contribution >= 4 is 45.9 Å². The summed E-state index contributed by atoms with van der Waals surface area (Å²) in [4.78, 5) is 37.5. The van der Waals surface area contributed by atoms with Gasteiger partial charge in [0.05, 0.1) is 42.4 Å². The summed E-state index contributed by atoms with van der Waals surface area (Å²) in [6, 6.07) is 11.8. The first-order chi connectivity index (χ1) is 23.1. The number of benzene rings is 2. The Labute approximate surface area is 288 Å². The molecule has 11 nitrogen and oxygen atoms in total. The van der Waals surface area contributed by atoms with E-state index < -0.39 is 11.6 Å². The van der Waals surface area contributed by atoms with Gasteiger partial charge in [-0.15, -0.1) is 0 Å². The Morgan fingerprint density at radius 3 is 2.47 bits per heavy atom. The second kappa shape index (κ2) is 12.9. The van der Waals surface area contributed by atoms with Gasteiger partial charge in [0, 0.05) is 55.1 Å². The Morgan fingerprint density at radius 1 is 1.12 bits per heavy atom. The monoisotopic (exact) mass is 668 g/mol. The number of para-hydroxylation sites is 1. The van der Waals surface area contributed by atoms with E-state index in [-0.39, 0.29) is 29.0 Å². The molecule has 2 unspecified atom stereocenters. The molecule has 2 atom stereocenters. The third-order valence-electron chi connectivity index (χ3n) is 9.52. The maximum absolute atomic E-state index is 13.2. The van der Waals surface area contributed by atoms with E-state index in [0.717, 1.165) is 48.1 Å². The van der Waals surface area contributed by atoms with Crippen LogP contribution in [0.4, 0.5) is 23.0 Å². The Bertz CT molecular complexity index is 1880. The normalized spacial score (nSPS) is 20.5. The lowest BCUT2D eigenvalue weighted by molar-refractivity contribution is -0.157. The standard InChI is InChI=1S/C38H48N6O5/c1-22(2)48-35(46)26-18-40-36(42-34(26)27-21-43(7)30-12-10-9-11-25(27)30)41-29-13-28(39)31(14-32(29)47-8)44-19-23-15-38(6,16-24(23)20-44)17-33(45)49-37(3,4)5/h9-14,18,21-24H,15-17,19-20,39H2,1-8H3,(H,40,41,42). The summed E-state index contributed by atoms with van der Waals surface area (Å²) < 4.78 is 19.0. The van der Waals surface area contributed by atoms with Gasteiger partial charge in [-0.1, -0.05) is 25.1 Å². The van der Waals surface area contributed by atoms with Crippen LogP contribution in [0.2, 0.25) is 0 Å². The smallest absolute Gasteiger partial charge is 0.342 e. The molecule has 260 valence electrons. The molecule has 6 rings (SSSR count). The van der Waals surface area contributed by atoms with E-state index >= 15 is 0 Å². The first-order valence-corrected chi connectivity index (χ1v) is 17.0. The third-order valence-corrected chi connectivity index (χ3v) is 9.52. The summed E-state index contributed by atoms with van der Waals surface area (Å²) in [6.45, 7) is 13.3. The molecule has 2 aromatic heterocycles. The van der Waals surface area contributed by atoms with E-state index in [0.29, 0.717) is 41.1 Å². The molecule has 2 aliphatic rings. The minimum atomic E-state index is -0.490. The van der Waals surface area contributed by atoms with Crippen molar-refractivity contribution in [3.63, 3.8) is 0 Å². The molecule has 11 heteroatoms. The second-order valence-electron chi connectivity index (χ2n) is 15.2. The lowest BCUT2D eigenvalue weighted by atomic mass is 9.83. The number of esters is 2. The van der Waals surface area contributed by atoms with Gasteiger partial charge in [0.1, 0.15) is 16.9 Å². The Hall–Kier alpha value is -4.80. The fourth-order valence-electron chi connectivity index (χ4n) is 7.67. The number of aromatic nitrogens is 3. The average molecular weight is 669 g/mol. The van der Waals surface area contributed by atoms with E-state index in [9.17, 15) is 9.59 Å². The van der Waals surface area contributed by atoms with E-state index in [4.69, 9.17) is 24.9 Å². The van der Waals surface area contributed by atoms with Crippen LogP contribution in [0.3, 0.4) is 0 Å². The number of nitrogens with one attached hydrogen (secondary N) is 1. The van der Waals surface area contributed by atoms with Crippen LogP contribution in [-0.2, 0) is 21.3 Å². The molecule has 0 bridgehead atoms. The van der Waals surface area contributed by atoms with Crippen molar-refractivity contribution in [1.82, 2.24) is 14.5 Å². The molecule has 4 aromatic rings. The Kier molecular flexibility index (Phi) is 8.98. The van der Waals surface area contributed by atoms with Crippen LogP contribution in [0.5, 0.6) is 5.75 Å². The predicted molar refractivity (Wildman–Crippen MR) is 192 cm³/mol. The molecular weight excluding hydrogens is 620 g/mol. The van der Waals surface area contributed by atoms with Gasteiger partial charge < -0.3 is 34.7 Å². The summed E-state index contributed by atoms with van der Waals surface area (Å²) in [5.74, 6) is 1.21. The van der Waals surface area contributed by atoms with Gasteiger partial charge in [-0.3, -0.25) is 4.79 Å². The molecule has 1 aliphatic carbocycles. The molecule has 2 aromatic carbocycles. The average Bonchev–Trinajstić information content (AvgIpc) is 3.64. The van der Waals surface area contributed by atoms with Crippen molar-refractivity contribution in [3.8, 4) is 17.0 Å². The van der Waals surface area contributed by atoms with E-state index in [2.05, 4.69) is 22.1 Å². The van der Waals surface area contributed by atoms with Gasteiger partial charge in [0.15, 0.2) is 0 Å². The van der Waals surface area contributed by atoms with E-state index in [1.807, 2.05) is 88.8 Å². The maximum atomic E-state index is 13.2. The predicted octanol–water partition coefficient (Wildman–Crippen LogP) is 7.12. The fraction of sp³-hybridized carbons (Fsp3) is 0.474. The number of aryl methyl sites for hydroxylation is 1. The molecule has 1 saturated heterocycles. The summed E-state index contributed by atoms with van der Waals surface area (Å²) in [6.07, 6.45) is 5.55. The highest BCUT2D eigenvalue weighted by molar-refractivity contribution is 6.03. The number of hydrogen-bond acceptors (Lipinski definition) is 10. The fourth-order valence-corrected chi connectivity index (χ4v) is 7.67. The van der Waals surface area contributed by atoms with Crippen LogP contribution >= 0.6 is 0 Å². The number of carbonyl (C=O) groups excluding carboxylic acids is 2. The molecule has 1 aliphatic heterocycles. The minimum Gasteiger partial charge on any atom is -0.494 e. The number of ether oxygens (including phenoxy) is 3. The minimum absolute atomic E-state index is 0.0628. The van der Waals surface area contributed by atoms with Gasteiger partial charge in [-0.2, -0.15) is 0 Å². The third kappa shape index (κ3) is 7.16. The van der Waals surface area contributed by atoms with Crippen molar-refractivity contribution in [3.05, 3.63) is 54.4 Å². The lowest BCUT2D eigenvalue weighted by Gasteiger charge is -2.29. The zero-order chi connectivity index (χ0) is 35.2. The molecule has 0 spiro atoms. The van der Waals surface area contributed by atoms with Gasteiger partial charge in [0.25, 0.3) is 0 Å². The van der Waals surface area contributed by atoms with Crippen LogP contribution in [0.15, 0.2) is 48.8 Å². The van der Waals surface area contributed by atoms with E-state index in [1.54, 1.807) is 7.11 Å². The molecule has 0 radical (unpaired) electrons. The number of carbonyl (C=O) groups is 2. The van der Waals surface area contributed by atoms with Gasteiger partial charge >= 0.3 is 11.9 Å². The van der Waals surface area contributed by atoms with Crippen LogP contribution in [0.25, 0.3) is 22.2 Å². The summed E-state index contributed by atoms with van der Waals surface area (Å²) in [5.41, 5.74) is 10.8. The molecule has 49 heavy (non-hydrogen) atoms. The van der Waals surface area contributed by atoms with Crippen molar-refractivity contribution in [2.75, 3.05) is 36.1 Å². The quantitative estimate of drug-likeness (QED) is 0.140. The van der Waals surface area contributed by atoms with Crippen LogP contribution < -0.4 is 20.7 Å². The SMILES string of the molecule is COc1cc(N2CC3CC(C)(CC(=O)OC(C)(C)C)CC3C2)c(N)cc1Nc1ncc(C(=O)OC(C)C)c(-c2cn(C)c3ccccc23)n1. The molecule has 0 amide bonds. The first kappa shape index (κ1) is 34.1. The second-order valence-corrected chi connectivity index (χ2v) is 15.2. The number of nitrogen functional groups attached to an aromatic ring is 1. The number of nitrogens with two attached hydrogens (primary N) is 1. The van der Waals surface area contributed by atoms with Crippen LogP contribution in [0.1, 0.15) is 71.2 Å². The Balaban J connectivity index is 1.24. The number of methoxy groups -OCH3 is 1. The zero-order valence-electron chi connectivity index (χ0n) is 29.8. The highest BCUT2D eigenvalue weighted by Gasteiger charge is 2.48. The van der Waals surface area contributed by atoms with Gasteiger partial charge in [0.2, 0.25) is 5.95 Å². The van der Waals surface area contributed by atoms with Gasteiger partial charge in [-0.05, 0) is 76.8 Å². The number of fused-ring (bicyclic) bond motifs is 2. The first-order valence-electron chi connectivity index (χ1n) is 17.0. The van der Waals surface area contributed by atoms with Crippen molar-refractivity contribution in [1.29, 1.82) is 0 Å². The lowest BCUT2D eigenvalue weighted by Crippen LogP contribution is -2.29. The van der Waals surface area contributed by atoms with E-state index in [1.165, 1.54) is 6.20 Å². The zero-order valence-corrected chi connectivity index (χ0v) is 29.8. The molecule has 2 fully saturated rings. The summed E-state index contributed by atoms with van der Waals surface area (Å²) in [5, 5.41) is 4.25. The topological polar surface area (TPSA) is 134 Å². The molecule has 3 heterocycles. The number of nitrogens with zero attached hydrogens (tertiary/aromatic N) is 4. The van der Waals surface area contributed by atoms with Crippen molar-refractivity contribution in [2.45, 2.75) is 72.5 Å². The maximum Gasteiger partial charge on any atom is 0.342 e. The summed E-state index contributed by atoms with van der Waals surface area (Å²) in [7, 11) is 3.58. The Morgan fingerprint density at radius 2 is 1.82 bits per heavy atom. The van der Waals surface area contributed by atoms with Crippen molar-refractivity contribution < 1.29 is 23.8 Å². The van der Waals surface area contributed by atoms with Gasteiger partial charge in [-0.25, -0.2) is 14.8 Å². The number of rotatable bonds is 9. The van der Waals surface area contributed by atoms with Crippen molar-refractivity contribution in [2.24, 2.45) is 24.3 Å². The number of anilines is 4. The largest absolute Gasteiger partial charge is 0.494 e. The van der Waals surface area contributed by atoms with Crippen LogP contribution in [-0.4, -0.2) is 58.4 Å². The summed E-state index contributed by atoms with van der Waals surface area (Å²) >= 11 is 0. The molecular formula is C38H48N6O5.